The van der Waals surface area contributed by atoms with Crippen LogP contribution in [0.25, 0.3) is 5.69 Å². The second kappa shape index (κ2) is 7.27. The normalized spacial score (nSPS) is 19.4. The molecule has 7 heteroatoms. The van der Waals surface area contributed by atoms with Gasteiger partial charge >= 0.3 is 5.82 Å². The first-order valence-electron chi connectivity index (χ1n) is 10.9. The van der Waals surface area contributed by atoms with Crippen LogP contribution in [0.15, 0.2) is 42.7 Å². The summed E-state index contributed by atoms with van der Waals surface area (Å²) in [6.45, 7) is 9.23. The largest absolute Gasteiger partial charge is 0.363 e. The fraction of sp³-hybridized carbons (Fsp3) is 0.417. The maximum absolute atomic E-state index is 11.3. The van der Waals surface area contributed by atoms with Crippen LogP contribution < -0.4 is 4.57 Å². The zero-order valence-corrected chi connectivity index (χ0v) is 18.3. The van der Waals surface area contributed by atoms with Crippen LogP contribution in [0, 0.1) is 10.1 Å². The highest BCUT2D eigenvalue weighted by atomic mass is 16.6. The van der Waals surface area contributed by atoms with Gasteiger partial charge in [-0.3, -0.25) is 10.1 Å². The number of non-ortho nitro benzene ring substituents is 1. The predicted molar refractivity (Wildman–Crippen MR) is 115 cm³/mol. The molecule has 0 radical (unpaired) electrons. The lowest BCUT2D eigenvalue weighted by atomic mass is 9.93. The number of nitrogens with zero attached hydrogens (tertiary/aromatic N) is 4. The fourth-order valence-corrected chi connectivity index (χ4v) is 4.95. The number of nitro groups is 1. The fourth-order valence-electron chi connectivity index (χ4n) is 4.95. The van der Waals surface area contributed by atoms with E-state index in [0.717, 1.165) is 29.1 Å². The molecular weight excluding hydrogens is 392 g/mol. The van der Waals surface area contributed by atoms with Gasteiger partial charge in [-0.2, -0.15) is 0 Å². The van der Waals surface area contributed by atoms with Crippen molar-refractivity contribution in [1.29, 1.82) is 0 Å². The molecule has 1 aromatic heterocycles. The standard InChI is InChI=1S/C24H27N4O3/c1-14(2)18-6-5-7-19(15(3)4)23(18)27-13-26-22(25-27)12-31-21-10-16-8-9-17(28(29)30)11-20(16)24(21)26/h5-9,11,13-15,21,24H,10,12H2,1-4H3/q+1/t21-,24+/m1/s1. The number of para-hydroxylation sites is 1. The highest BCUT2D eigenvalue weighted by Gasteiger charge is 2.44. The molecule has 5 rings (SSSR count). The highest BCUT2D eigenvalue weighted by molar-refractivity contribution is 5.50. The molecule has 0 amide bonds. The second-order valence-electron chi connectivity index (χ2n) is 9.12. The van der Waals surface area contributed by atoms with Gasteiger partial charge < -0.3 is 4.74 Å². The molecule has 2 aliphatic rings. The third-order valence-corrected chi connectivity index (χ3v) is 6.48. The predicted octanol–water partition coefficient (Wildman–Crippen LogP) is 4.36. The Morgan fingerprint density at radius 1 is 1.16 bits per heavy atom. The Kier molecular flexibility index (Phi) is 4.66. The molecule has 31 heavy (non-hydrogen) atoms. The number of hydrogen-bond acceptors (Lipinski definition) is 4. The first-order valence-corrected chi connectivity index (χ1v) is 10.9. The first-order chi connectivity index (χ1) is 14.8. The zero-order valence-electron chi connectivity index (χ0n) is 18.3. The number of aromatic nitrogens is 3. The van der Waals surface area contributed by atoms with Crippen molar-refractivity contribution in [2.75, 3.05) is 0 Å². The van der Waals surface area contributed by atoms with Gasteiger partial charge in [-0.05, 0) is 28.5 Å². The minimum absolute atomic E-state index is 0.0305. The summed E-state index contributed by atoms with van der Waals surface area (Å²) in [5.41, 5.74) is 5.83. The average Bonchev–Trinajstić information content (AvgIpc) is 3.33. The molecule has 3 aromatic rings. The van der Waals surface area contributed by atoms with Crippen LogP contribution in [0.5, 0.6) is 0 Å². The van der Waals surface area contributed by atoms with E-state index in [-0.39, 0.29) is 22.8 Å². The summed E-state index contributed by atoms with van der Waals surface area (Å²) in [5, 5.41) is 16.3. The maximum atomic E-state index is 11.3. The number of fused-ring (bicyclic) bond motifs is 5. The summed E-state index contributed by atoms with van der Waals surface area (Å²) in [4.78, 5) is 11.0. The Hall–Kier alpha value is -3.06. The van der Waals surface area contributed by atoms with E-state index >= 15 is 0 Å². The van der Waals surface area contributed by atoms with Crippen molar-refractivity contribution >= 4 is 5.69 Å². The monoisotopic (exact) mass is 419 g/mol. The van der Waals surface area contributed by atoms with Gasteiger partial charge in [0, 0.05) is 29.2 Å². The van der Waals surface area contributed by atoms with Crippen LogP contribution in [0.3, 0.4) is 0 Å². The summed E-state index contributed by atoms with van der Waals surface area (Å²) in [6, 6.07) is 11.5. The van der Waals surface area contributed by atoms with Crippen molar-refractivity contribution in [3.05, 3.63) is 80.9 Å². The van der Waals surface area contributed by atoms with Crippen LogP contribution >= 0.6 is 0 Å². The van der Waals surface area contributed by atoms with Crippen molar-refractivity contribution in [3.63, 3.8) is 0 Å². The van der Waals surface area contributed by atoms with Crippen molar-refractivity contribution in [2.45, 2.75) is 64.7 Å². The van der Waals surface area contributed by atoms with Gasteiger partial charge in [-0.1, -0.05) is 56.6 Å². The molecule has 2 atom stereocenters. The Morgan fingerprint density at radius 3 is 2.52 bits per heavy atom. The summed E-state index contributed by atoms with van der Waals surface area (Å²) >= 11 is 0. The SMILES string of the molecule is CC(C)c1cccc(C(C)C)c1-n1c[n+]2c(n1)CO[C@@H]1Cc3ccc([N+](=O)[O-])cc3[C@@H]12. The van der Waals surface area contributed by atoms with E-state index in [4.69, 9.17) is 9.84 Å². The average molecular weight is 420 g/mol. The molecule has 0 unspecified atom stereocenters. The third-order valence-electron chi connectivity index (χ3n) is 6.48. The Labute approximate surface area is 181 Å². The molecule has 2 heterocycles. The quantitative estimate of drug-likeness (QED) is 0.358. The topological polar surface area (TPSA) is 74.1 Å². The maximum Gasteiger partial charge on any atom is 0.304 e. The Balaban J connectivity index is 1.66. The van der Waals surface area contributed by atoms with E-state index in [1.807, 2.05) is 10.7 Å². The molecule has 160 valence electrons. The number of ether oxygens (including phenoxy) is 1. The molecule has 0 spiro atoms. The number of nitro benzene ring substituents is 1. The van der Waals surface area contributed by atoms with Gasteiger partial charge in [0.2, 0.25) is 6.33 Å². The van der Waals surface area contributed by atoms with E-state index in [2.05, 4.69) is 56.8 Å². The molecule has 0 saturated heterocycles. The third kappa shape index (κ3) is 3.15. The van der Waals surface area contributed by atoms with Gasteiger partial charge in [0.05, 0.1) is 4.92 Å². The van der Waals surface area contributed by atoms with E-state index in [1.165, 1.54) is 11.1 Å². The van der Waals surface area contributed by atoms with Crippen LogP contribution in [0.1, 0.15) is 73.7 Å². The molecule has 0 bridgehead atoms. The number of benzene rings is 2. The summed E-state index contributed by atoms with van der Waals surface area (Å²) in [7, 11) is 0. The van der Waals surface area contributed by atoms with E-state index < -0.39 is 0 Å². The molecule has 1 aliphatic heterocycles. The van der Waals surface area contributed by atoms with Gasteiger partial charge in [0.1, 0.15) is 24.4 Å². The Morgan fingerprint density at radius 2 is 1.87 bits per heavy atom. The molecule has 0 N–H and O–H groups in total. The lowest BCUT2D eigenvalue weighted by Gasteiger charge is -2.23. The summed E-state index contributed by atoms with van der Waals surface area (Å²) < 4.78 is 10.3. The van der Waals surface area contributed by atoms with Crippen LogP contribution in [0.2, 0.25) is 0 Å². The first kappa shape index (κ1) is 19.9. The lowest BCUT2D eigenvalue weighted by Crippen LogP contribution is -2.51. The molecule has 0 fully saturated rings. The van der Waals surface area contributed by atoms with Crippen molar-refractivity contribution < 1.29 is 14.2 Å². The van der Waals surface area contributed by atoms with Gasteiger partial charge in [0.25, 0.3) is 5.69 Å². The van der Waals surface area contributed by atoms with Crippen molar-refractivity contribution in [1.82, 2.24) is 9.78 Å². The smallest absolute Gasteiger partial charge is 0.304 e. The number of rotatable bonds is 4. The minimum atomic E-state index is -0.333. The lowest BCUT2D eigenvalue weighted by molar-refractivity contribution is -0.739. The van der Waals surface area contributed by atoms with Gasteiger partial charge in [-0.25, -0.2) is 4.57 Å². The van der Waals surface area contributed by atoms with E-state index in [1.54, 1.807) is 12.1 Å². The Bertz CT molecular complexity index is 1160. The molecule has 0 saturated carbocycles. The van der Waals surface area contributed by atoms with Gasteiger partial charge in [-0.15, -0.1) is 0 Å². The van der Waals surface area contributed by atoms with Crippen molar-refractivity contribution in [3.8, 4) is 5.69 Å². The molecular formula is C24H27N4O3+. The summed E-state index contributed by atoms with van der Waals surface area (Å²) in [5.74, 6) is 1.56. The van der Waals surface area contributed by atoms with Crippen LogP contribution in [-0.4, -0.2) is 20.8 Å². The van der Waals surface area contributed by atoms with Crippen LogP contribution in [-0.2, 0) is 17.8 Å². The highest BCUT2D eigenvalue weighted by Crippen LogP contribution is 2.38. The minimum Gasteiger partial charge on any atom is -0.363 e. The second-order valence-corrected chi connectivity index (χ2v) is 9.12. The molecule has 7 nitrogen and oxygen atoms in total. The van der Waals surface area contributed by atoms with E-state index in [0.29, 0.717) is 18.4 Å². The molecule has 1 aliphatic carbocycles. The summed E-state index contributed by atoms with van der Waals surface area (Å²) in [6.07, 6.45) is 2.78. The number of hydrogen-bond donors (Lipinski definition) is 0. The van der Waals surface area contributed by atoms with E-state index in [9.17, 15) is 10.1 Å². The van der Waals surface area contributed by atoms with Crippen molar-refractivity contribution in [2.24, 2.45) is 0 Å². The molecule has 2 aromatic carbocycles. The van der Waals surface area contributed by atoms with Crippen LogP contribution in [0.4, 0.5) is 5.69 Å². The van der Waals surface area contributed by atoms with Gasteiger partial charge in [0.15, 0.2) is 0 Å². The zero-order chi connectivity index (χ0) is 21.9.